The Morgan fingerprint density at radius 2 is 0.693 bits per heavy atom. The molecule has 0 aliphatic heterocycles. The van der Waals surface area contributed by atoms with Crippen LogP contribution in [0.5, 0.6) is 0 Å². The van der Waals surface area contributed by atoms with E-state index in [1.165, 1.54) is 250 Å². The van der Waals surface area contributed by atoms with Crippen molar-refractivity contribution in [1.29, 1.82) is 0 Å². The van der Waals surface area contributed by atoms with E-state index in [0.29, 0.717) is 6.42 Å². The molecule has 10 heteroatoms. The Kier molecular flexibility index (Phi) is 60.0. The zero-order valence-corrected chi connectivity index (χ0v) is 50.4. The Morgan fingerprint density at radius 3 is 1.05 bits per heavy atom. The first kappa shape index (κ1) is 73.2. The molecule has 0 fully saturated rings. The van der Waals surface area contributed by atoms with Gasteiger partial charge in [0, 0.05) is 19.4 Å². The zero-order valence-electron chi connectivity index (χ0n) is 49.6. The fraction of sp³-hybridized carbons (Fsp3) is 0.877. The van der Waals surface area contributed by atoms with Gasteiger partial charge >= 0.3 is 19.8 Å². The summed E-state index contributed by atoms with van der Waals surface area (Å²) in [4.78, 5) is 35.2. The van der Waals surface area contributed by atoms with Crippen molar-refractivity contribution in [2.75, 3.05) is 26.4 Å². The molecule has 9 nitrogen and oxygen atoms in total. The SMILES string of the molecule is CCCCC/C=C\C/C=C\CCCCCCCCCC(=O)OC(COC(=O)CCCCCCCCCCCCCCCCCCCCCCCCCCC/C=C\CCCCCCCCCC)COP(=O)(O)OCCN. The number of rotatable bonds is 62. The predicted octanol–water partition coefficient (Wildman–Crippen LogP) is 20.7. The van der Waals surface area contributed by atoms with E-state index in [1.807, 2.05) is 0 Å². The number of hydrogen-bond donors (Lipinski definition) is 2. The van der Waals surface area contributed by atoms with Gasteiger partial charge in [0.2, 0.25) is 0 Å². The van der Waals surface area contributed by atoms with Gasteiger partial charge in [-0.15, -0.1) is 0 Å². The van der Waals surface area contributed by atoms with Crippen LogP contribution in [0.3, 0.4) is 0 Å². The summed E-state index contributed by atoms with van der Waals surface area (Å²) in [6, 6.07) is 0. The third-order valence-corrected chi connectivity index (χ3v) is 15.5. The highest BCUT2D eigenvalue weighted by Crippen LogP contribution is 2.43. The van der Waals surface area contributed by atoms with Crippen molar-refractivity contribution in [2.24, 2.45) is 5.73 Å². The number of nitrogens with two attached hydrogens (primary N) is 1. The third kappa shape index (κ3) is 61.3. The van der Waals surface area contributed by atoms with Crippen molar-refractivity contribution in [3.8, 4) is 0 Å². The van der Waals surface area contributed by atoms with Crippen molar-refractivity contribution in [3.05, 3.63) is 36.5 Å². The van der Waals surface area contributed by atoms with Crippen molar-refractivity contribution in [1.82, 2.24) is 0 Å². The first-order chi connectivity index (χ1) is 36.8. The van der Waals surface area contributed by atoms with Gasteiger partial charge in [-0.05, 0) is 70.6 Å². The van der Waals surface area contributed by atoms with E-state index < -0.39 is 26.5 Å². The molecular formula is C65H124NO8P. The largest absolute Gasteiger partial charge is 0.472 e. The van der Waals surface area contributed by atoms with Crippen LogP contribution in [-0.2, 0) is 32.7 Å². The summed E-state index contributed by atoms with van der Waals surface area (Å²) in [5, 5.41) is 0. The lowest BCUT2D eigenvalue weighted by Gasteiger charge is -2.19. The van der Waals surface area contributed by atoms with Crippen molar-refractivity contribution < 1.29 is 37.6 Å². The van der Waals surface area contributed by atoms with Crippen LogP contribution in [0.15, 0.2) is 36.5 Å². The molecule has 2 unspecified atom stereocenters. The summed E-state index contributed by atoms with van der Waals surface area (Å²) < 4.78 is 33.0. The number of unbranched alkanes of at least 4 members (excludes halogenated alkanes) is 43. The van der Waals surface area contributed by atoms with Crippen LogP contribution in [0.25, 0.3) is 0 Å². The number of phosphoric ester groups is 1. The number of esters is 2. The van der Waals surface area contributed by atoms with E-state index >= 15 is 0 Å². The molecule has 442 valence electrons. The molecule has 0 bridgehead atoms. The van der Waals surface area contributed by atoms with Crippen LogP contribution in [0.1, 0.15) is 335 Å². The minimum Gasteiger partial charge on any atom is -0.462 e. The van der Waals surface area contributed by atoms with E-state index in [-0.39, 0.29) is 38.6 Å². The summed E-state index contributed by atoms with van der Waals surface area (Å²) in [7, 11) is -4.39. The second-order valence-electron chi connectivity index (χ2n) is 22.0. The first-order valence-electron chi connectivity index (χ1n) is 32.5. The molecule has 0 aliphatic carbocycles. The molecular weight excluding hydrogens is 954 g/mol. The van der Waals surface area contributed by atoms with Gasteiger partial charge in [-0.3, -0.25) is 18.6 Å². The Bertz CT molecular complexity index is 1320. The van der Waals surface area contributed by atoms with Gasteiger partial charge in [0.05, 0.1) is 13.2 Å². The third-order valence-electron chi connectivity index (χ3n) is 14.5. The normalized spacial score (nSPS) is 13.2. The molecule has 0 aliphatic rings. The monoisotopic (exact) mass is 1080 g/mol. The first-order valence-corrected chi connectivity index (χ1v) is 34.0. The van der Waals surface area contributed by atoms with E-state index in [0.717, 1.165) is 51.4 Å². The molecule has 75 heavy (non-hydrogen) atoms. The van der Waals surface area contributed by atoms with Gasteiger partial charge in [-0.25, -0.2) is 4.57 Å². The van der Waals surface area contributed by atoms with Crippen LogP contribution in [0.2, 0.25) is 0 Å². The molecule has 0 rings (SSSR count). The van der Waals surface area contributed by atoms with Crippen molar-refractivity contribution in [3.63, 3.8) is 0 Å². The van der Waals surface area contributed by atoms with Crippen LogP contribution in [0, 0.1) is 0 Å². The minimum atomic E-state index is -4.39. The Labute approximate surface area is 464 Å². The van der Waals surface area contributed by atoms with Crippen LogP contribution >= 0.6 is 7.82 Å². The molecule has 0 amide bonds. The molecule has 0 spiro atoms. The second kappa shape index (κ2) is 61.4. The van der Waals surface area contributed by atoms with E-state index in [2.05, 4.69) is 50.3 Å². The fourth-order valence-electron chi connectivity index (χ4n) is 9.67. The molecule has 3 N–H and O–H groups in total. The minimum absolute atomic E-state index is 0.0533. The Balaban J connectivity index is 3.76. The van der Waals surface area contributed by atoms with Gasteiger partial charge in [-0.1, -0.05) is 288 Å². The van der Waals surface area contributed by atoms with Crippen LogP contribution in [-0.4, -0.2) is 49.3 Å². The molecule has 2 atom stereocenters. The number of carbonyl (C=O) groups excluding carboxylic acids is 2. The number of phosphoric acid groups is 1. The van der Waals surface area contributed by atoms with Crippen molar-refractivity contribution >= 4 is 19.8 Å². The Morgan fingerprint density at radius 1 is 0.400 bits per heavy atom. The summed E-state index contributed by atoms with van der Waals surface area (Å²) >= 11 is 0. The summed E-state index contributed by atoms with van der Waals surface area (Å²) in [5.74, 6) is -0.821. The maximum absolute atomic E-state index is 12.7. The lowest BCUT2D eigenvalue weighted by atomic mass is 10.0. The summed E-state index contributed by atoms with van der Waals surface area (Å²) in [5.41, 5.74) is 5.38. The molecule has 0 aromatic heterocycles. The van der Waals surface area contributed by atoms with E-state index in [9.17, 15) is 19.0 Å². The Hall–Kier alpha value is -1.77. The molecule has 0 radical (unpaired) electrons. The predicted molar refractivity (Wildman–Crippen MR) is 321 cm³/mol. The van der Waals surface area contributed by atoms with Gasteiger partial charge in [-0.2, -0.15) is 0 Å². The molecule has 0 aromatic rings. The van der Waals surface area contributed by atoms with E-state index in [1.54, 1.807) is 0 Å². The highest BCUT2D eigenvalue weighted by Gasteiger charge is 2.26. The number of allylic oxidation sites excluding steroid dienone is 6. The average Bonchev–Trinajstić information content (AvgIpc) is 3.40. The molecule has 0 heterocycles. The number of ether oxygens (including phenoxy) is 2. The average molecular weight is 1080 g/mol. The van der Waals surface area contributed by atoms with Crippen LogP contribution in [0.4, 0.5) is 0 Å². The quantitative estimate of drug-likeness (QED) is 0.0264. The highest BCUT2D eigenvalue weighted by atomic mass is 31.2. The summed E-state index contributed by atoms with van der Waals surface area (Å²) in [6.45, 7) is 3.76. The zero-order chi connectivity index (χ0) is 54.5. The topological polar surface area (TPSA) is 134 Å². The molecule has 0 saturated heterocycles. The maximum atomic E-state index is 12.7. The smallest absolute Gasteiger partial charge is 0.462 e. The van der Waals surface area contributed by atoms with Gasteiger partial charge in [0.15, 0.2) is 6.10 Å². The lowest BCUT2D eigenvalue weighted by Crippen LogP contribution is -2.29. The number of carbonyl (C=O) groups is 2. The number of hydrogen-bond acceptors (Lipinski definition) is 8. The molecule has 0 saturated carbocycles. The second-order valence-corrected chi connectivity index (χ2v) is 23.4. The highest BCUT2D eigenvalue weighted by molar-refractivity contribution is 7.47. The fourth-order valence-corrected chi connectivity index (χ4v) is 10.4. The summed E-state index contributed by atoms with van der Waals surface area (Å²) in [6.07, 6.45) is 75.3. The maximum Gasteiger partial charge on any atom is 0.472 e. The van der Waals surface area contributed by atoms with Gasteiger partial charge < -0.3 is 20.1 Å². The van der Waals surface area contributed by atoms with E-state index in [4.69, 9.17) is 24.3 Å². The lowest BCUT2D eigenvalue weighted by molar-refractivity contribution is -0.161. The van der Waals surface area contributed by atoms with Gasteiger partial charge in [0.1, 0.15) is 6.61 Å². The van der Waals surface area contributed by atoms with Crippen LogP contribution < -0.4 is 5.73 Å². The molecule has 0 aromatic carbocycles. The standard InChI is InChI=1S/C65H124NO8P/c1-3-5-7-9-11-13-15-17-19-21-22-23-24-25-26-27-28-29-30-31-32-33-34-35-36-37-38-39-40-42-43-45-47-49-51-53-55-57-64(67)71-61-63(62-73-75(69,70)72-60-59-66)74-65(68)58-56-54-52-50-48-46-44-41-20-18-16-14-12-10-8-6-4-2/h12,14,18,20-22,63H,3-11,13,15-17,19,23-62,66H2,1-2H3,(H,69,70)/b14-12-,20-18-,22-21-. The van der Waals surface area contributed by atoms with Gasteiger partial charge in [0.25, 0.3) is 0 Å². The van der Waals surface area contributed by atoms with Crippen molar-refractivity contribution in [2.45, 2.75) is 341 Å².